The first-order valence-corrected chi connectivity index (χ1v) is 15.2. The number of carbonyl (C=O) groups excluding carboxylic acids is 1. The number of benzene rings is 1. The van der Waals surface area contributed by atoms with E-state index < -0.39 is 8.07 Å². The van der Waals surface area contributed by atoms with E-state index in [0.717, 1.165) is 52.7 Å². The Labute approximate surface area is 195 Å². The molecule has 0 radical (unpaired) electrons. The fourth-order valence-electron chi connectivity index (χ4n) is 4.53. The van der Waals surface area contributed by atoms with Crippen molar-refractivity contribution < 1.29 is 19.0 Å². The highest BCUT2D eigenvalue weighted by atomic mass is 28.3. The number of fused-ring (bicyclic) bond motifs is 3. The zero-order valence-corrected chi connectivity index (χ0v) is 20.8. The fourth-order valence-corrected chi connectivity index (χ4v) is 5.29. The minimum Gasteiger partial charge on any atom is -0.457 e. The van der Waals surface area contributed by atoms with Crippen molar-refractivity contribution in [3.8, 4) is 11.5 Å². The smallest absolute Gasteiger partial charge is 0.410 e. The number of rotatable bonds is 7. The van der Waals surface area contributed by atoms with Gasteiger partial charge in [0.1, 0.15) is 30.5 Å². The molecule has 174 valence electrons. The summed E-state index contributed by atoms with van der Waals surface area (Å²) in [5.74, 6) is 1.53. The Bertz CT molecular complexity index is 1200. The van der Waals surface area contributed by atoms with Gasteiger partial charge in [-0.2, -0.15) is 0 Å². The lowest BCUT2D eigenvalue weighted by molar-refractivity contribution is 0.0898. The van der Waals surface area contributed by atoms with Crippen molar-refractivity contribution in [2.45, 2.75) is 58.3 Å². The van der Waals surface area contributed by atoms with Crippen LogP contribution in [0.2, 0.25) is 25.7 Å². The molecule has 1 unspecified atom stereocenters. The molecule has 0 spiro atoms. The van der Waals surface area contributed by atoms with Gasteiger partial charge < -0.3 is 18.8 Å². The molecule has 1 amide bonds. The van der Waals surface area contributed by atoms with E-state index in [1.807, 2.05) is 27.7 Å². The molecule has 5 rings (SSSR count). The van der Waals surface area contributed by atoms with Crippen LogP contribution in [-0.2, 0) is 29.2 Å². The Hall–Kier alpha value is -2.84. The summed E-state index contributed by atoms with van der Waals surface area (Å²) in [6.45, 7) is 11.4. The summed E-state index contributed by atoms with van der Waals surface area (Å²) in [5.41, 5.74) is 4.32. The lowest BCUT2D eigenvalue weighted by Crippen LogP contribution is -2.38. The molecular formula is C25H31N3O4Si. The largest absolute Gasteiger partial charge is 0.457 e. The molecule has 1 fully saturated rings. The highest BCUT2D eigenvalue weighted by Gasteiger charge is 2.36. The summed E-state index contributed by atoms with van der Waals surface area (Å²) in [7, 11) is -1.12. The van der Waals surface area contributed by atoms with Gasteiger partial charge in [0.05, 0.1) is 11.4 Å². The van der Waals surface area contributed by atoms with Crippen LogP contribution in [0.5, 0.6) is 11.5 Å². The Morgan fingerprint density at radius 2 is 2.06 bits per heavy atom. The van der Waals surface area contributed by atoms with Gasteiger partial charge in [-0.25, -0.2) is 9.78 Å². The molecule has 2 aliphatic rings. The SMILES string of the molecule is Cc1cn(COCC[Si](C)(C)C)c2nccc(Oc3ccc4c(c3)CN3C(=O)OCC3C4)c12. The van der Waals surface area contributed by atoms with E-state index in [2.05, 4.69) is 43.8 Å². The average molecular weight is 466 g/mol. The van der Waals surface area contributed by atoms with Crippen LogP contribution in [0.15, 0.2) is 36.7 Å². The van der Waals surface area contributed by atoms with Crippen molar-refractivity contribution in [3.05, 3.63) is 53.3 Å². The van der Waals surface area contributed by atoms with E-state index in [1.165, 1.54) is 5.56 Å². The number of hydrogen-bond donors (Lipinski definition) is 0. The van der Waals surface area contributed by atoms with Gasteiger partial charge in [0.15, 0.2) is 0 Å². The molecule has 33 heavy (non-hydrogen) atoms. The summed E-state index contributed by atoms with van der Waals surface area (Å²) < 4.78 is 19.6. The van der Waals surface area contributed by atoms with Crippen LogP contribution in [0.3, 0.4) is 0 Å². The quantitative estimate of drug-likeness (QED) is 0.349. The van der Waals surface area contributed by atoms with E-state index in [9.17, 15) is 4.79 Å². The highest BCUT2D eigenvalue weighted by Crippen LogP contribution is 2.35. The van der Waals surface area contributed by atoms with Crippen molar-refractivity contribution in [1.82, 2.24) is 14.5 Å². The third-order valence-electron chi connectivity index (χ3n) is 6.41. The van der Waals surface area contributed by atoms with Gasteiger partial charge in [0, 0.05) is 33.6 Å². The Balaban J connectivity index is 1.35. The second-order valence-electron chi connectivity index (χ2n) is 10.2. The molecule has 4 heterocycles. The summed E-state index contributed by atoms with van der Waals surface area (Å²) in [5, 5.41) is 0.993. The van der Waals surface area contributed by atoms with E-state index in [1.54, 1.807) is 6.20 Å². The Kier molecular flexibility index (Phi) is 5.66. The van der Waals surface area contributed by atoms with Crippen LogP contribution >= 0.6 is 0 Å². The topological polar surface area (TPSA) is 65.8 Å². The molecule has 7 nitrogen and oxygen atoms in total. The molecule has 1 atom stereocenters. The first-order chi connectivity index (χ1) is 15.8. The van der Waals surface area contributed by atoms with Gasteiger partial charge in [-0.15, -0.1) is 0 Å². The van der Waals surface area contributed by atoms with Crippen LogP contribution in [0.25, 0.3) is 11.0 Å². The van der Waals surface area contributed by atoms with E-state index >= 15 is 0 Å². The standard InChI is InChI=1S/C25H31N3O4Si/c1-17-13-27(16-30-9-10-33(2,3)4)24-23(17)22(7-8-26-24)32-21-6-5-18-11-20-15-31-25(29)28(20)14-19(18)12-21/h5-8,12-13,20H,9-11,14-16H2,1-4H3. The molecule has 1 saturated heterocycles. The van der Waals surface area contributed by atoms with E-state index in [0.29, 0.717) is 19.9 Å². The predicted molar refractivity (Wildman–Crippen MR) is 129 cm³/mol. The Morgan fingerprint density at radius 1 is 1.21 bits per heavy atom. The van der Waals surface area contributed by atoms with Crippen LogP contribution in [0.4, 0.5) is 4.79 Å². The Morgan fingerprint density at radius 3 is 2.88 bits per heavy atom. The van der Waals surface area contributed by atoms with Gasteiger partial charge in [-0.3, -0.25) is 4.90 Å². The lowest BCUT2D eigenvalue weighted by atomic mass is 9.95. The maximum Gasteiger partial charge on any atom is 0.410 e. The molecule has 2 aromatic heterocycles. The molecule has 2 aliphatic heterocycles. The first-order valence-electron chi connectivity index (χ1n) is 11.5. The number of pyridine rings is 1. The van der Waals surface area contributed by atoms with Crippen LogP contribution in [-0.4, -0.2) is 47.9 Å². The van der Waals surface area contributed by atoms with E-state index in [-0.39, 0.29) is 12.1 Å². The third-order valence-corrected chi connectivity index (χ3v) is 8.12. The minimum absolute atomic E-state index is 0.145. The van der Waals surface area contributed by atoms with Crippen molar-refractivity contribution in [2.24, 2.45) is 0 Å². The maximum absolute atomic E-state index is 12.0. The summed E-state index contributed by atoms with van der Waals surface area (Å²) in [6, 6.07) is 9.33. The predicted octanol–water partition coefficient (Wildman–Crippen LogP) is 5.33. The highest BCUT2D eigenvalue weighted by molar-refractivity contribution is 6.76. The summed E-state index contributed by atoms with van der Waals surface area (Å²) in [4.78, 5) is 18.4. The molecular weight excluding hydrogens is 434 g/mol. The third kappa shape index (κ3) is 4.50. The zero-order valence-electron chi connectivity index (χ0n) is 19.8. The monoisotopic (exact) mass is 465 g/mol. The normalized spacial score (nSPS) is 17.8. The number of amides is 1. The number of aryl methyl sites for hydroxylation is 1. The molecule has 1 aromatic carbocycles. The van der Waals surface area contributed by atoms with Gasteiger partial charge >= 0.3 is 6.09 Å². The second kappa shape index (κ2) is 8.50. The number of carbonyl (C=O) groups is 1. The van der Waals surface area contributed by atoms with Gasteiger partial charge in [0.25, 0.3) is 0 Å². The molecule has 0 N–H and O–H groups in total. The molecule has 8 heteroatoms. The number of hydrogen-bond acceptors (Lipinski definition) is 5. The van der Waals surface area contributed by atoms with E-state index in [4.69, 9.17) is 14.2 Å². The lowest BCUT2D eigenvalue weighted by Gasteiger charge is -2.28. The van der Waals surface area contributed by atoms with Crippen molar-refractivity contribution >= 4 is 25.2 Å². The summed E-state index contributed by atoms with van der Waals surface area (Å²) >= 11 is 0. The van der Waals surface area contributed by atoms with Crippen LogP contribution in [0, 0.1) is 6.92 Å². The first kappa shape index (κ1) is 22.0. The van der Waals surface area contributed by atoms with Crippen LogP contribution < -0.4 is 4.74 Å². The fraction of sp³-hybridized carbons (Fsp3) is 0.440. The van der Waals surface area contributed by atoms with Crippen molar-refractivity contribution in [1.29, 1.82) is 0 Å². The van der Waals surface area contributed by atoms with Gasteiger partial charge in [-0.05, 0) is 54.3 Å². The zero-order chi connectivity index (χ0) is 23.2. The number of ether oxygens (including phenoxy) is 3. The molecule has 0 aliphatic carbocycles. The molecule has 3 aromatic rings. The second-order valence-corrected chi connectivity index (χ2v) is 15.9. The molecule has 0 saturated carbocycles. The average Bonchev–Trinajstić information content (AvgIpc) is 3.29. The number of nitrogens with zero attached hydrogens (tertiary/aromatic N) is 3. The number of aromatic nitrogens is 2. The summed E-state index contributed by atoms with van der Waals surface area (Å²) in [6.07, 6.45) is 4.45. The van der Waals surface area contributed by atoms with Crippen LogP contribution in [0.1, 0.15) is 16.7 Å². The van der Waals surface area contributed by atoms with Gasteiger partial charge in [-0.1, -0.05) is 25.7 Å². The maximum atomic E-state index is 12.0. The van der Waals surface area contributed by atoms with Crippen molar-refractivity contribution in [2.75, 3.05) is 13.2 Å². The van der Waals surface area contributed by atoms with Gasteiger partial charge in [0.2, 0.25) is 0 Å². The number of cyclic esters (lactones) is 1. The minimum atomic E-state index is -1.12. The van der Waals surface area contributed by atoms with Crippen molar-refractivity contribution in [3.63, 3.8) is 0 Å². The molecule has 0 bridgehead atoms.